The second-order valence-electron chi connectivity index (χ2n) is 4.88. The number of carbonyl (C=O) groups is 1. The average molecular weight is 286 g/mol. The zero-order valence-electron chi connectivity index (χ0n) is 11.4. The van der Waals surface area contributed by atoms with Gasteiger partial charge in [0.2, 0.25) is 0 Å². The minimum Gasteiger partial charge on any atom is -0.508 e. The summed E-state index contributed by atoms with van der Waals surface area (Å²) in [6, 6.07) is 9.63. The van der Waals surface area contributed by atoms with Gasteiger partial charge >= 0.3 is 5.97 Å². The van der Waals surface area contributed by atoms with Crippen molar-refractivity contribution < 1.29 is 24.5 Å². The zero-order valence-corrected chi connectivity index (χ0v) is 11.4. The topological polar surface area (TPSA) is 76.0 Å². The molecular formula is C16H14O5. The Labute approximate surface area is 121 Å². The van der Waals surface area contributed by atoms with Crippen LogP contribution >= 0.6 is 0 Å². The molecule has 2 aromatic rings. The molecule has 0 fully saturated rings. The standard InChI is InChI=1S/C16H14O5/c1-20-11-6-13(18)16-12(8-15(19)21-14(16)7-11)9-2-4-10(17)5-3-9/h2-7,12,17-18H,8H2,1H3/t12-/m1/s1. The third-order valence-electron chi connectivity index (χ3n) is 3.57. The summed E-state index contributed by atoms with van der Waals surface area (Å²) in [6.45, 7) is 0. The number of benzene rings is 2. The molecule has 2 N–H and O–H groups in total. The van der Waals surface area contributed by atoms with Crippen molar-refractivity contribution in [2.75, 3.05) is 7.11 Å². The molecule has 1 atom stereocenters. The molecule has 0 aromatic heterocycles. The summed E-state index contributed by atoms with van der Waals surface area (Å²) < 4.78 is 10.3. The van der Waals surface area contributed by atoms with Gasteiger partial charge in [-0.05, 0) is 17.7 Å². The van der Waals surface area contributed by atoms with Crippen LogP contribution in [0.15, 0.2) is 36.4 Å². The number of carbonyl (C=O) groups excluding carboxylic acids is 1. The Balaban J connectivity index is 2.13. The van der Waals surface area contributed by atoms with Crippen LogP contribution in [0.4, 0.5) is 0 Å². The van der Waals surface area contributed by atoms with Crippen molar-refractivity contribution in [3.8, 4) is 23.0 Å². The SMILES string of the molecule is COc1cc(O)c2c(c1)OC(=O)C[C@@H]2c1ccc(O)cc1. The number of methoxy groups -OCH3 is 1. The van der Waals surface area contributed by atoms with E-state index in [1.807, 2.05) is 0 Å². The fourth-order valence-electron chi connectivity index (χ4n) is 2.56. The summed E-state index contributed by atoms with van der Waals surface area (Å²) in [5, 5.41) is 19.6. The van der Waals surface area contributed by atoms with E-state index >= 15 is 0 Å². The number of hydrogen-bond acceptors (Lipinski definition) is 5. The van der Waals surface area contributed by atoms with Gasteiger partial charge < -0.3 is 19.7 Å². The molecule has 0 radical (unpaired) electrons. The molecule has 108 valence electrons. The number of hydrogen-bond donors (Lipinski definition) is 2. The maximum atomic E-state index is 11.8. The molecule has 0 amide bonds. The monoisotopic (exact) mass is 286 g/mol. The highest BCUT2D eigenvalue weighted by Gasteiger charge is 2.31. The van der Waals surface area contributed by atoms with Crippen molar-refractivity contribution in [2.24, 2.45) is 0 Å². The van der Waals surface area contributed by atoms with E-state index in [1.54, 1.807) is 30.3 Å². The summed E-state index contributed by atoms with van der Waals surface area (Å²) >= 11 is 0. The molecule has 5 heteroatoms. The lowest BCUT2D eigenvalue weighted by Gasteiger charge is -2.26. The van der Waals surface area contributed by atoms with Gasteiger partial charge in [0, 0.05) is 23.6 Å². The molecule has 1 aliphatic rings. The van der Waals surface area contributed by atoms with Crippen molar-refractivity contribution in [3.05, 3.63) is 47.5 Å². The summed E-state index contributed by atoms with van der Waals surface area (Å²) in [5.41, 5.74) is 1.38. The molecule has 0 spiro atoms. The van der Waals surface area contributed by atoms with Gasteiger partial charge in [0.25, 0.3) is 0 Å². The normalized spacial score (nSPS) is 17.0. The summed E-state index contributed by atoms with van der Waals surface area (Å²) in [5.74, 6) is 0.221. The van der Waals surface area contributed by atoms with Crippen LogP contribution in [-0.2, 0) is 4.79 Å². The zero-order chi connectivity index (χ0) is 15.0. The molecule has 21 heavy (non-hydrogen) atoms. The van der Waals surface area contributed by atoms with Gasteiger partial charge in [0.1, 0.15) is 23.0 Å². The van der Waals surface area contributed by atoms with E-state index in [1.165, 1.54) is 13.2 Å². The maximum absolute atomic E-state index is 11.8. The molecule has 5 nitrogen and oxygen atoms in total. The van der Waals surface area contributed by atoms with Crippen LogP contribution in [-0.4, -0.2) is 23.3 Å². The lowest BCUT2D eigenvalue weighted by Crippen LogP contribution is -2.21. The Morgan fingerprint density at radius 3 is 2.57 bits per heavy atom. The van der Waals surface area contributed by atoms with Gasteiger partial charge in [0.05, 0.1) is 13.5 Å². The average Bonchev–Trinajstić information content (AvgIpc) is 2.46. The quantitative estimate of drug-likeness (QED) is 0.655. The maximum Gasteiger partial charge on any atom is 0.312 e. The minimum atomic E-state index is -0.367. The van der Waals surface area contributed by atoms with Crippen molar-refractivity contribution in [1.82, 2.24) is 0 Å². The highest BCUT2D eigenvalue weighted by Crippen LogP contribution is 2.45. The van der Waals surface area contributed by atoms with E-state index in [0.29, 0.717) is 17.1 Å². The number of ether oxygens (including phenoxy) is 2. The lowest BCUT2D eigenvalue weighted by atomic mass is 9.85. The molecule has 1 heterocycles. The van der Waals surface area contributed by atoms with E-state index in [2.05, 4.69) is 0 Å². The predicted molar refractivity (Wildman–Crippen MR) is 74.9 cm³/mol. The first-order valence-corrected chi connectivity index (χ1v) is 6.49. The Bertz CT molecular complexity index is 691. The van der Waals surface area contributed by atoms with Crippen LogP contribution in [0, 0.1) is 0 Å². The molecular weight excluding hydrogens is 272 g/mol. The number of phenols is 2. The fraction of sp³-hybridized carbons (Fsp3) is 0.188. The van der Waals surface area contributed by atoms with Crippen molar-refractivity contribution in [1.29, 1.82) is 0 Å². The Morgan fingerprint density at radius 1 is 1.19 bits per heavy atom. The summed E-state index contributed by atoms with van der Waals surface area (Å²) in [7, 11) is 1.48. The van der Waals surface area contributed by atoms with Gasteiger partial charge in [-0.1, -0.05) is 12.1 Å². The predicted octanol–water partition coefficient (Wildman–Crippen LogP) is 2.55. The second kappa shape index (κ2) is 5.01. The summed E-state index contributed by atoms with van der Waals surface area (Å²) in [6.07, 6.45) is 0.137. The number of esters is 1. The van der Waals surface area contributed by atoms with Crippen molar-refractivity contribution >= 4 is 5.97 Å². The fourth-order valence-corrected chi connectivity index (χ4v) is 2.56. The largest absolute Gasteiger partial charge is 0.508 e. The Kier molecular flexibility index (Phi) is 3.17. The van der Waals surface area contributed by atoms with Gasteiger partial charge in [-0.25, -0.2) is 0 Å². The second-order valence-corrected chi connectivity index (χ2v) is 4.88. The van der Waals surface area contributed by atoms with Crippen LogP contribution in [0.5, 0.6) is 23.0 Å². The molecule has 1 aliphatic heterocycles. The van der Waals surface area contributed by atoms with E-state index in [4.69, 9.17) is 9.47 Å². The van der Waals surface area contributed by atoms with E-state index < -0.39 is 0 Å². The smallest absolute Gasteiger partial charge is 0.312 e. The number of rotatable bonds is 2. The van der Waals surface area contributed by atoms with E-state index in [-0.39, 0.29) is 29.8 Å². The summed E-state index contributed by atoms with van der Waals surface area (Å²) in [4.78, 5) is 11.8. The Morgan fingerprint density at radius 2 is 1.90 bits per heavy atom. The molecule has 2 aromatic carbocycles. The first kappa shape index (κ1) is 13.3. The Hall–Kier alpha value is -2.69. The highest BCUT2D eigenvalue weighted by molar-refractivity contribution is 5.79. The molecule has 0 bridgehead atoms. The van der Waals surface area contributed by atoms with Gasteiger partial charge in [0.15, 0.2) is 0 Å². The number of fused-ring (bicyclic) bond motifs is 1. The minimum absolute atomic E-state index is 0.0231. The third kappa shape index (κ3) is 2.38. The van der Waals surface area contributed by atoms with Gasteiger partial charge in [-0.3, -0.25) is 4.79 Å². The number of aromatic hydroxyl groups is 2. The van der Waals surface area contributed by atoms with Gasteiger partial charge in [-0.2, -0.15) is 0 Å². The van der Waals surface area contributed by atoms with Crippen LogP contribution < -0.4 is 9.47 Å². The molecule has 0 aliphatic carbocycles. The molecule has 0 unspecified atom stereocenters. The molecule has 0 saturated heterocycles. The lowest BCUT2D eigenvalue weighted by molar-refractivity contribution is -0.135. The van der Waals surface area contributed by atoms with Crippen LogP contribution in [0.1, 0.15) is 23.5 Å². The van der Waals surface area contributed by atoms with Gasteiger partial charge in [-0.15, -0.1) is 0 Å². The third-order valence-corrected chi connectivity index (χ3v) is 3.57. The van der Waals surface area contributed by atoms with Crippen LogP contribution in [0.25, 0.3) is 0 Å². The number of phenolic OH excluding ortho intramolecular Hbond substituents is 2. The van der Waals surface area contributed by atoms with Crippen LogP contribution in [0.2, 0.25) is 0 Å². The molecule has 0 saturated carbocycles. The molecule has 3 rings (SSSR count). The van der Waals surface area contributed by atoms with E-state index in [9.17, 15) is 15.0 Å². The van der Waals surface area contributed by atoms with Crippen LogP contribution in [0.3, 0.4) is 0 Å². The highest BCUT2D eigenvalue weighted by atomic mass is 16.5. The van der Waals surface area contributed by atoms with Crippen molar-refractivity contribution in [3.63, 3.8) is 0 Å². The van der Waals surface area contributed by atoms with E-state index in [0.717, 1.165) is 5.56 Å². The first-order chi connectivity index (χ1) is 10.1. The van der Waals surface area contributed by atoms with Crippen molar-refractivity contribution in [2.45, 2.75) is 12.3 Å². The first-order valence-electron chi connectivity index (χ1n) is 6.49.